The molecule has 114 valence electrons. The van der Waals surface area contributed by atoms with Gasteiger partial charge in [0.2, 0.25) is 0 Å². The van der Waals surface area contributed by atoms with Gasteiger partial charge in [-0.15, -0.1) is 5.10 Å². The Morgan fingerprint density at radius 3 is 2.78 bits per heavy atom. The third-order valence-corrected chi connectivity index (χ3v) is 4.14. The molecule has 0 aliphatic carbocycles. The summed E-state index contributed by atoms with van der Waals surface area (Å²) in [6, 6.07) is 14.8. The van der Waals surface area contributed by atoms with Crippen molar-refractivity contribution in [2.24, 2.45) is 7.05 Å². The average molecular weight is 303 g/mol. The summed E-state index contributed by atoms with van der Waals surface area (Å²) >= 11 is 0. The van der Waals surface area contributed by atoms with Gasteiger partial charge in [-0.1, -0.05) is 29.5 Å². The number of aromatic nitrogens is 5. The molecule has 0 N–H and O–H groups in total. The largest absolute Gasteiger partial charge is 0.303 e. The monoisotopic (exact) mass is 303 g/mol. The van der Waals surface area contributed by atoms with Crippen molar-refractivity contribution in [3.8, 4) is 5.69 Å². The fourth-order valence-corrected chi connectivity index (χ4v) is 2.91. The van der Waals surface area contributed by atoms with Crippen molar-refractivity contribution >= 4 is 11.0 Å². The quantitative estimate of drug-likeness (QED) is 0.584. The van der Waals surface area contributed by atoms with E-state index >= 15 is 0 Å². The van der Waals surface area contributed by atoms with E-state index in [2.05, 4.69) is 63.2 Å². The summed E-state index contributed by atoms with van der Waals surface area (Å²) in [4.78, 5) is 4.23. The van der Waals surface area contributed by atoms with Crippen LogP contribution in [0.4, 0.5) is 0 Å². The van der Waals surface area contributed by atoms with E-state index in [4.69, 9.17) is 0 Å². The van der Waals surface area contributed by atoms with Crippen LogP contribution in [0.2, 0.25) is 0 Å². The maximum Gasteiger partial charge on any atom is 0.113 e. The van der Waals surface area contributed by atoms with E-state index in [1.54, 1.807) is 0 Å². The van der Waals surface area contributed by atoms with Crippen LogP contribution in [0.15, 0.2) is 55.0 Å². The second-order valence-electron chi connectivity index (χ2n) is 5.75. The summed E-state index contributed by atoms with van der Waals surface area (Å²) in [5.41, 5.74) is 6.79. The van der Waals surface area contributed by atoms with Crippen LogP contribution >= 0.6 is 0 Å². The Morgan fingerprint density at radius 2 is 1.96 bits per heavy atom. The van der Waals surface area contributed by atoms with Crippen LogP contribution in [0.5, 0.6) is 0 Å². The minimum Gasteiger partial charge on any atom is -0.303 e. The molecule has 0 bridgehead atoms. The van der Waals surface area contributed by atoms with Crippen LogP contribution in [-0.2, 0) is 13.5 Å². The van der Waals surface area contributed by atoms with Gasteiger partial charge in [0, 0.05) is 18.9 Å². The standard InChI is InChI=1S/C18H17N5/c1-13-11-19-12-23(13)17-6-4-3-5-15(17)9-14-7-8-16-18(10-14)22(2)21-20-16/h3-8,10-12H,9H2,1-2H3. The molecule has 0 amide bonds. The third-order valence-electron chi connectivity index (χ3n) is 4.14. The fourth-order valence-electron chi connectivity index (χ4n) is 2.91. The molecule has 0 saturated heterocycles. The molecule has 0 aliphatic rings. The summed E-state index contributed by atoms with van der Waals surface area (Å²) in [5, 5.41) is 8.20. The van der Waals surface area contributed by atoms with Crippen molar-refractivity contribution in [2.75, 3.05) is 0 Å². The lowest BCUT2D eigenvalue weighted by atomic mass is 10.0. The SMILES string of the molecule is Cc1cncn1-c1ccccc1Cc1ccc2nnn(C)c2c1. The predicted molar refractivity (Wildman–Crippen MR) is 89.6 cm³/mol. The van der Waals surface area contributed by atoms with Gasteiger partial charge in [0.05, 0.1) is 17.5 Å². The molecule has 23 heavy (non-hydrogen) atoms. The number of nitrogens with zero attached hydrogens (tertiary/aromatic N) is 5. The predicted octanol–water partition coefficient (Wildman–Crippen LogP) is 3.05. The zero-order chi connectivity index (χ0) is 15.8. The summed E-state index contributed by atoms with van der Waals surface area (Å²) in [5.74, 6) is 0. The first-order valence-electron chi connectivity index (χ1n) is 7.58. The maximum atomic E-state index is 4.23. The molecule has 4 aromatic rings. The number of fused-ring (bicyclic) bond motifs is 1. The number of imidazole rings is 1. The van der Waals surface area contributed by atoms with E-state index < -0.39 is 0 Å². The Kier molecular flexibility index (Phi) is 3.19. The second kappa shape index (κ2) is 5.35. The van der Waals surface area contributed by atoms with E-state index in [1.807, 2.05) is 30.3 Å². The molecule has 5 heteroatoms. The molecule has 0 aliphatic heterocycles. The van der Waals surface area contributed by atoms with Gasteiger partial charge < -0.3 is 4.57 Å². The molecule has 2 heterocycles. The molecule has 0 radical (unpaired) electrons. The molecule has 0 saturated carbocycles. The van der Waals surface area contributed by atoms with Crippen molar-refractivity contribution in [1.29, 1.82) is 0 Å². The first-order chi connectivity index (χ1) is 11.2. The van der Waals surface area contributed by atoms with E-state index in [0.717, 1.165) is 23.1 Å². The van der Waals surface area contributed by atoms with Gasteiger partial charge in [-0.05, 0) is 42.7 Å². The lowest BCUT2D eigenvalue weighted by Crippen LogP contribution is -2.01. The maximum absolute atomic E-state index is 4.23. The molecule has 2 aromatic carbocycles. The van der Waals surface area contributed by atoms with Crippen molar-refractivity contribution in [1.82, 2.24) is 24.5 Å². The highest BCUT2D eigenvalue weighted by Gasteiger charge is 2.09. The van der Waals surface area contributed by atoms with E-state index in [0.29, 0.717) is 0 Å². The van der Waals surface area contributed by atoms with Crippen LogP contribution in [0.3, 0.4) is 0 Å². The van der Waals surface area contributed by atoms with E-state index in [1.165, 1.54) is 16.8 Å². The number of hydrogen-bond donors (Lipinski definition) is 0. The molecule has 5 nitrogen and oxygen atoms in total. The van der Waals surface area contributed by atoms with Crippen molar-refractivity contribution in [2.45, 2.75) is 13.3 Å². The van der Waals surface area contributed by atoms with Gasteiger partial charge in [-0.3, -0.25) is 0 Å². The van der Waals surface area contributed by atoms with E-state index in [9.17, 15) is 0 Å². The summed E-state index contributed by atoms with van der Waals surface area (Å²) in [6.45, 7) is 2.07. The lowest BCUT2D eigenvalue weighted by Gasteiger charge is -2.12. The smallest absolute Gasteiger partial charge is 0.113 e. The van der Waals surface area contributed by atoms with E-state index in [-0.39, 0.29) is 0 Å². The molecular weight excluding hydrogens is 286 g/mol. The van der Waals surface area contributed by atoms with Crippen molar-refractivity contribution < 1.29 is 0 Å². The molecule has 4 rings (SSSR count). The van der Waals surface area contributed by atoms with Gasteiger partial charge in [0.1, 0.15) is 5.52 Å². The first-order valence-corrected chi connectivity index (χ1v) is 7.58. The van der Waals surface area contributed by atoms with Gasteiger partial charge in [-0.2, -0.15) is 0 Å². The molecule has 0 atom stereocenters. The number of hydrogen-bond acceptors (Lipinski definition) is 3. The molecule has 0 unspecified atom stereocenters. The lowest BCUT2D eigenvalue weighted by molar-refractivity contribution is 0.736. The van der Waals surface area contributed by atoms with Gasteiger partial charge in [-0.25, -0.2) is 9.67 Å². The highest BCUT2D eigenvalue weighted by Crippen LogP contribution is 2.21. The minimum atomic E-state index is 0.856. The topological polar surface area (TPSA) is 48.5 Å². The Labute approximate surface area is 134 Å². The Balaban J connectivity index is 1.76. The molecule has 0 fully saturated rings. The van der Waals surface area contributed by atoms with Crippen molar-refractivity contribution in [3.05, 3.63) is 71.8 Å². The van der Waals surface area contributed by atoms with Crippen LogP contribution in [0.25, 0.3) is 16.7 Å². The first kappa shape index (κ1) is 13.7. The van der Waals surface area contributed by atoms with Crippen LogP contribution < -0.4 is 0 Å². The van der Waals surface area contributed by atoms with Gasteiger partial charge in [0.15, 0.2) is 0 Å². The molecule has 2 aromatic heterocycles. The Morgan fingerprint density at radius 1 is 1.09 bits per heavy atom. The molecule has 0 spiro atoms. The fraction of sp³-hybridized carbons (Fsp3) is 0.167. The molecular formula is C18H17N5. The zero-order valence-electron chi connectivity index (χ0n) is 13.1. The Hall–Kier alpha value is -2.95. The Bertz CT molecular complexity index is 980. The minimum absolute atomic E-state index is 0.856. The zero-order valence-corrected chi connectivity index (χ0v) is 13.1. The number of aryl methyl sites for hydroxylation is 2. The highest BCUT2D eigenvalue weighted by atomic mass is 15.4. The average Bonchev–Trinajstić information content (AvgIpc) is 3.15. The summed E-state index contributed by atoms with van der Waals surface area (Å²) < 4.78 is 3.93. The summed E-state index contributed by atoms with van der Waals surface area (Å²) in [6.07, 6.45) is 4.60. The number of para-hydroxylation sites is 1. The summed E-state index contributed by atoms with van der Waals surface area (Å²) in [7, 11) is 1.92. The highest BCUT2D eigenvalue weighted by molar-refractivity contribution is 5.75. The van der Waals surface area contributed by atoms with Crippen LogP contribution in [-0.4, -0.2) is 24.5 Å². The second-order valence-corrected chi connectivity index (χ2v) is 5.75. The normalized spacial score (nSPS) is 11.2. The number of benzene rings is 2. The number of rotatable bonds is 3. The van der Waals surface area contributed by atoms with Crippen molar-refractivity contribution in [3.63, 3.8) is 0 Å². The van der Waals surface area contributed by atoms with Gasteiger partial charge >= 0.3 is 0 Å². The third kappa shape index (κ3) is 2.40. The van der Waals surface area contributed by atoms with Crippen LogP contribution in [0.1, 0.15) is 16.8 Å². The van der Waals surface area contributed by atoms with Gasteiger partial charge in [0.25, 0.3) is 0 Å². The van der Waals surface area contributed by atoms with Crippen LogP contribution in [0, 0.1) is 6.92 Å².